The van der Waals surface area contributed by atoms with Crippen LogP contribution in [0.25, 0.3) is 0 Å². The van der Waals surface area contributed by atoms with E-state index in [1.165, 1.54) is 11.6 Å². The molecule has 0 aliphatic rings. The molecule has 2 aromatic rings. The zero-order valence-electron chi connectivity index (χ0n) is 13.7. The van der Waals surface area contributed by atoms with Gasteiger partial charge in [0, 0.05) is 31.4 Å². The molecular formula is C18H24N2O3. The van der Waals surface area contributed by atoms with Gasteiger partial charge < -0.3 is 14.8 Å². The van der Waals surface area contributed by atoms with E-state index >= 15 is 0 Å². The van der Waals surface area contributed by atoms with Gasteiger partial charge in [-0.05, 0) is 19.0 Å². The second-order valence-electron chi connectivity index (χ2n) is 5.49. The maximum absolute atomic E-state index is 11.9. The van der Waals surface area contributed by atoms with Crippen LogP contribution in [0.1, 0.15) is 30.8 Å². The van der Waals surface area contributed by atoms with E-state index in [1.54, 1.807) is 0 Å². The highest BCUT2D eigenvalue weighted by Crippen LogP contribution is 2.18. The van der Waals surface area contributed by atoms with Gasteiger partial charge in [0.1, 0.15) is 0 Å². The number of aromatic hydroxyl groups is 1. The van der Waals surface area contributed by atoms with Crippen molar-refractivity contribution in [3.8, 4) is 5.75 Å². The van der Waals surface area contributed by atoms with Gasteiger partial charge in [-0.15, -0.1) is 0 Å². The van der Waals surface area contributed by atoms with E-state index in [2.05, 4.69) is 17.0 Å². The molecule has 2 N–H and O–H groups in total. The Morgan fingerprint density at radius 1 is 1.13 bits per heavy atom. The number of benzene rings is 1. The van der Waals surface area contributed by atoms with Crippen LogP contribution in [0.2, 0.25) is 0 Å². The Kier molecular flexibility index (Phi) is 5.96. The first-order valence-corrected chi connectivity index (χ1v) is 7.92. The quantitative estimate of drug-likeness (QED) is 0.821. The first-order chi connectivity index (χ1) is 11.1. The first kappa shape index (κ1) is 17.2. The number of aliphatic hydroxyl groups excluding tert-OH is 1. The fourth-order valence-electron chi connectivity index (χ4n) is 2.76. The molecule has 0 aliphatic heterocycles. The Hall–Kier alpha value is -2.11. The summed E-state index contributed by atoms with van der Waals surface area (Å²) in [5, 5.41) is 19.7. The molecule has 2 rings (SSSR count). The van der Waals surface area contributed by atoms with Crippen molar-refractivity contribution in [2.24, 2.45) is 0 Å². The SMILES string of the molecule is CCN(Cc1ccccc1)Cc1c(O)c(=O)cc(CO)n1CC. The van der Waals surface area contributed by atoms with Crippen molar-refractivity contribution in [3.63, 3.8) is 0 Å². The van der Waals surface area contributed by atoms with Crippen molar-refractivity contribution >= 4 is 0 Å². The van der Waals surface area contributed by atoms with Gasteiger partial charge in [0.15, 0.2) is 5.75 Å². The third-order valence-corrected chi connectivity index (χ3v) is 4.02. The zero-order chi connectivity index (χ0) is 16.8. The van der Waals surface area contributed by atoms with Gasteiger partial charge in [-0.1, -0.05) is 37.3 Å². The second-order valence-corrected chi connectivity index (χ2v) is 5.49. The third kappa shape index (κ3) is 4.00. The van der Waals surface area contributed by atoms with Crippen LogP contribution < -0.4 is 5.43 Å². The lowest BCUT2D eigenvalue weighted by Gasteiger charge is -2.24. The van der Waals surface area contributed by atoms with Crippen LogP contribution in [0.15, 0.2) is 41.2 Å². The molecule has 5 heteroatoms. The lowest BCUT2D eigenvalue weighted by atomic mass is 10.2. The fraction of sp³-hybridized carbons (Fsp3) is 0.389. The van der Waals surface area contributed by atoms with Gasteiger partial charge in [0.25, 0.3) is 0 Å². The summed E-state index contributed by atoms with van der Waals surface area (Å²) in [5.41, 5.74) is 1.82. The highest BCUT2D eigenvalue weighted by atomic mass is 16.3. The molecule has 1 aromatic heterocycles. The lowest BCUT2D eigenvalue weighted by molar-refractivity contribution is 0.246. The van der Waals surface area contributed by atoms with E-state index < -0.39 is 5.43 Å². The normalized spacial score (nSPS) is 11.1. The summed E-state index contributed by atoms with van der Waals surface area (Å²) in [6, 6.07) is 11.4. The Labute approximate surface area is 136 Å². The van der Waals surface area contributed by atoms with Crippen LogP contribution in [-0.4, -0.2) is 26.2 Å². The van der Waals surface area contributed by atoms with Crippen LogP contribution in [0.5, 0.6) is 5.75 Å². The molecule has 0 saturated carbocycles. The summed E-state index contributed by atoms with van der Waals surface area (Å²) in [6.07, 6.45) is 0. The van der Waals surface area contributed by atoms with Crippen LogP contribution in [0.3, 0.4) is 0 Å². The number of hydrogen-bond acceptors (Lipinski definition) is 4. The minimum atomic E-state index is -0.440. The number of pyridine rings is 1. The summed E-state index contributed by atoms with van der Waals surface area (Å²) < 4.78 is 1.81. The maximum Gasteiger partial charge on any atom is 0.223 e. The summed E-state index contributed by atoms with van der Waals surface area (Å²) in [4.78, 5) is 14.1. The molecule has 23 heavy (non-hydrogen) atoms. The van der Waals surface area contributed by atoms with Crippen molar-refractivity contribution in [1.29, 1.82) is 0 Å². The molecule has 0 fully saturated rings. The predicted molar refractivity (Wildman–Crippen MR) is 90.2 cm³/mol. The minimum Gasteiger partial charge on any atom is -0.503 e. The molecule has 0 spiro atoms. The summed E-state index contributed by atoms with van der Waals surface area (Å²) in [7, 11) is 0. The molecule has 0 aliphatic carbocycles. The lowest BCUT2D eigenvalue weighted by Crippen LogP contribution is -2.27. The molecule has 0 amide bonds. The maximum atomic E-state index is 11.9. The number of rotatable bonds is 7. The molecule has 1 heterocycles. The van der Waals surface area contributed by atoms with Gasteiger partial charge in [0.05, 0.1) is 12.3 Å². The van der Waals surface area contributed by atoms with Crippen LogP contribution in [0, 0.1) is 0 Å². The van der Waals surface area contributed by atoms with Crippen molar-refractivity contribution in [3.05, 3.63) is 63.6 Å². The second kappa shape index (κ2) is 7.94. The van der Waals surface area contributed by atoms with Gasteiger partial charge in [-0.3, -0.25) is 9.69 Å². The third-order valence-electron chi connectivity index (χ3n) is 4.02. The Bertz CT molecular complexity index is 695. The Morgan fingerprint density at radius 2 is 1.83 bits per heavy atom. The van der Waals surface area contributed by atoms with Gasteiger partial charge in [-0.25, -0.2) is 0 Å². The summed E-state index contributed by atoms with van der Waals surface area (Å²) in [6.45, 7) is 6.31. The van der Waals surface area contributed by atoms with Crippen LogP contribution in [0.4, 0.5) is 0 Å². The van der Waals surface area contributed by atoms with Crippen LogP contribution >= 0.6 is 0 Å². The Balaban J connectivity index is 2.33. The first-order valence-electron chi connectivity index (χ1n) is 7.92. The van der Waals surface area contributed by atoms with Crippen molar-refractivity contribution < 1.29 is 10.2 Å². The van der Waals surface area contributed by atoms with E-state index in [0.717, 1.165) is 13.1 Å². The smallest absolute Gasteiger partial charge is 0.223 e. The van der Waals surface area contributed by atoms with Crippen molar-refractivity contribution in [2.75, 3.05) is 6.54 Å². The zero-order valence-corrected chi connectivity index (χ0v) is 13.7. The molecule has 0 saturated heterocycles. The van der Waals surface area contributed by atoms with E-state index in [-0.39, 0.29) is 12.4 Å². The minimum absolute atomic E-state index is 0.221. The standard InChI is InChI=1S/C18H24N2O3/c1-3-19(11-14-8-6-5-7-9-14)12-16-18(23)17(22)10-15(13-21)20(16)4-2/h5-10,21,23H,3-4,11-13H2,1-2H3. The molecule has 0 bridgehead atoms. The molecule has 5 nitrogen and oxygen atoms in total. The van der Waals surface area contributed by atoms with E-state index in [1.807, 2.05) is 36.6 Å². The monoisotopic (exact) mass is 316 g/mol. The number of nitrogens with zero attached hydrogens (tertiary/aromatic N) is 2. The number of hydrogen-bond donors (Lipinski definition) is 2. The molecule has 0 unspecified atom stereocenters. The topological polar surface area (TPSA) is 65.7 Å². The number of aliphatic hydroxyl groups is 1. The molecular weight excluding hydrogens is 292 g/mol. The molecule has 0 radical (unpaired) electrons. The predicted octanol–water partition coefficient (Wildman–Crippen LogP) is 2.09. The van der Waals surface area contributed by atoms with Gasteiger partial charge in [-0.2, -0.15) is 0 Å². The molecule has 1 aromatic carbocycles. The van der Waals surface area contributed by atoms with Gasteiger partial charge in [0.2, 0.25) is 5.43 Å². The molecule has 124 valence electrons. The van der Waals surface area contributed by atoms with Crippen molar-refractivity contribution in [1.82, 2.24) is 9.47 Å². The summed E-state index contributed by atoms with van der Waals surface area (Å²) >= 11 is 0. The van der Waals surface area contributed by atoms with E-state index in [9.17, 15) is 15.0 Å². The fourth-order valence-corrected chi connectivity index (χ4v) is 2.76. The van der Waals surface area contributed by atoms with E-state index in [0.29, 0.717) is 24.5 Å². The average Bonchev–Trinajstić information content (AvgIpc) is 2.58. The average molecular weight is 316 g/mol. The highest BCUT2D eigenvalue weighted by Gasteiger charge is 2.16. The van der Waals surface area contributed by atoms with Crippen molar-refractivity contribution in [2.45, 2.75) is 40.1 Å². The number of aromatic nitrogens is 1. The van der Waals surface area contributed by atoms with Crippen LogP contribution in [-0.2, 0) is 26.2 Å². The highest BCUT2D eigenvalue weighted by molar-refractivity contribution is 5.30. The molecule has 0 atom stereocenters. The van der Waals surface area contributed by atoms with E-state index in [4.69, 9.17) is 0 Å². The largest absolute Gasteiger partial charge is 0.503 e. The Morgan fingerprint density at radius 3 is 2.39 bits per heavy atom. The summed E-state index contributed by atoms with van der Waals surface area (Å²) in [5.74, 6) is -0.226. The van der Waals surface area contributed by atoms with Gasteiger partial charge >= 0.3 is 0 Å².